The molecule has 4 rings (SSSR count). The molecule has 0 radical (unpaired) electrons. The van der Waals surface area contributed by atoms with E-state index in [0.29, 0.717) is 17.3 Å². The molecule has 0 aliphatic carbocycles. The molecule has 1 aliphatic heterocycles. The molecule has 0 bridgehead atoms. The summed E-state index contributed by atoms with van der Waals surface area (Å²) in [4.78, 5) is 33.9. The Morgan fingerprint density at radius 1 is 0.912 bits per heavy atom. The Kier molecular flexibility index (Phi) is 8.25. The van der Waals surface area contributed by atoms with Gasteiger partial charge < -0.3 is 10.6 Å². The lowest BCUT2D eigenvalue weighted by molar-refractivity contribution is -0.136. The zero-order chi connectivity index (χ0) is 23.8. The first kappa shape index (κ1) is 23.9. The van der Waals surface area contributed by atoms with Gasteiger partial charge in [0.2, 0.25) is 0 Å². The summed E-state index contributed by atoms with van der Waals surface area (Å²) < 4.78 is 0. The fraction of sp³-hybridized carbons (Fsp3) is 0.269. The Morgan fingerprint density at radius 2 is 1.65 bits per heavy atom. The normalized spacial score (nSPS) is 15.4. The lowest BCUT2D eigenvalue weighted by Crippen LogP contribution is -2.50. The zero-order valence-electron chi connectivity index (χ0n) is 18.9. The second-order valence-electron chi connectivity index (χ2n) is 8.27. The van der Waals surface area contributed by atoms with Gasteiger partial charge in [0, 0.05) is 62.4 Å². The molecule has 0 saturated carbocycles. The quantitative estimate of drug-likeness (QED) is 0.510. The maximum atomic E-state index is 12.5. The van der Waals surface area contributed by atoms with Crippen LogP contribution in [-0.4, -0.2) is 59.3 Å². The van der Waals surface area contributed by atoms with E-state index in [4.69, 9.17) is 11.6 Å². The Morgan fingerprint density at radius 3 is 2.32 bits per heavy atom. The minimum absolute atomic E-state index is 0.0696. The predicted molar refractivity (Wildman–Crippen MR) is 133 cm³/mol. The van der Waals surface area contributed by atoms with E-state index in [9.17, 15) is 9.59 Å². The maximum absolute atomic E-state index is 12.5. The molecular formula is C26H28ClN5O2. The van der Waals surface area contributed by atoms with Crippen molar-refractivity contribution in [3.63, 3.8) is 0 Å². The molecule has 1 unspecified atom stereocenters. The molecule has 7 nitrogen and oxygen atoms in total. The monoisotopic (exact) mass is 477 g/mol. The third kappa shape index (κ3) is 6.63. The van der Waals surface area contributed by atoms with Crippen molar-refractivity contribution in [2.24, 2.45) is 0 Å². The van der Waals surface area contributed by atoms with Crippen LogP contribution in [0, 0.1) is 0 Å². The molecule has 1 atom stereocenters. The highest BCUT2D eigenvalue weighted by Crippen LogP contribution is 2.22. The SMILES string of the molecule is O=C(NCC(c1cccnc1)N1CCN(Cc2ccccc2)CC1)C(=O)Nc1ccc(Cl)cc1. The second-order valence-corrected chi connectivity index (χ2v) is 8.71. The van der Waals surface area contributed by atoms with E-state index < -0.39 is 11.8 Å². The number of piperazine rings is 1. The lowest BCUT2D eigenvalue weighted by atomic mass is 10.1. The number of benzene rings is 2. The van der Waals surface area contributed by atoms with Crippen LogP contribution in [0.4, 0.5) is 5.69 Å². The van der Waals surface area contributed by atoms with Crippen LogP contribution in [0.1, 0.15) is 17.2 Å². The molecule has 8 heteroatoms. The van der Waals surface area contributed by atoms with Gasteiger partial charge in [-0.15, -0.1) is 0 Å². The summed E-state index contributed by atoms with van der Waals surface area (Å²) in [6.45, 7) is 4.82. The van der Waals surface area contributed by atoms with Gasteiger partial charge in [-0.3, -0.25) is 24.4 Å². The van der Waals surface area contributed by atoms with Crippen LogP contribution in [0.15, 0.2) is 79.1 Å². The van der Waals surface area contributed by atoms with Crippen molar-refractivity contribution in [1.82, 2.24) is 20.1 Å². The number of carbonyl (C=O) groups excluding carboxylic acids is 2. The molecule has 2 heterocycles. The number of halogens is 1. The molecule has 1 fully saturated rings. The van der Waals surface area contributed by atoms with Crippen LogP contribution in [0.3, 0.4) is 0 Å². The zero-order valence-corrected chi connectivity index (χ0v) is 19.6. The Labute approximate surface area is 204 Å². The van der Waals surface area contributed by atoms with Gasteiger partial charge >= 0.3 is 11.8 Å². The van der Waals surface area contributed by atoms with E-state index in [2.05, 4.69) is 49.7 Å². The number of nitrogens with zero attached hydrogens (tertiary/aromatic N) is 3. The summed E-state index contributed by atoms with van der Waals surface area (Å²) in [5, 5.41) is 5.96. The number of carbonyl (C=O) groups is 2. The van der Waals surface area contributed by atoms with Gasteiger partial charge in [0.05, 0.1) is 6.04 Å². The molecule has 2 aromatic carbocycles. The van der Waals surface area contributed by atoms with Crippen molar-refractivity contribution in [2.75, 3.05) is 38.0 Å². The number of hydrogen-bond donors (Lipinski definition) is 2. The van der Waals surface area contributed by atoms with Crippen molar-refractivity contribution in [1.29, 1.82) is 0 Å². The van der Waals surface area contributed by atoms with Gasteiger partial charge in [-0.2, -0.15) is 0 Å². The Bertz CT molecular complexity index is 1070. The van der Waals surface area contributed by atoms with Crippen LogP contribution in [0.25, 0.3) is 0 Å². The summed E-state index contributed by atoms with van der Waals surface area (Å²) >= 11 is 5.87. The van der Waals surface area contributed by atoms with Crippen LogP contribution in [0.2, 0.25) is 5.02 Å². The fourth-order valence-corrected chi connectivity index (χ4v) is 4.22. The largest absolute Gasteiger partial charge is 0.346 e. The van der Waals surface area contributed by atoms with Gasteiger partial charge in [0.1, 0.15) is 0 Å². The van der Waals surface area contributed by atoms with Crippen molar-refractivity contribution < 1.29 is 9.59 Å². The van der Waals surface area contributed by atoms with Crippen LogP contribution in [0.5, 0.6) is 0 Å². The van der Waals surface area contributed by atoms with Crippen LogP contribution >= 0.6 is 11.6 Å². The molecule has 2 amide bonds. The van der Waals surface area contributed by atoms with Gasteiger partial charge in [0.25, 0.3) is 0 Å². The highest BCUT2D eigenvalue weighted by atomic mass is 35.5. The second kappa shape index (κ2) is 11.7. The third-order valence-corrected chi connectivity index (χ3v) is 6.18. The molecule has 176 valence electrons. The first-order valence-corrected chi connectivity index (χ1v) is 11.7. The number of amides is 2. The first-order chi connectivity index (χ1) is 16.6. The van der Waals surface area contributed by atoms with Crippen LogP contribution in [-0.2, 0) is 16.1 Å². The van der Waals surface area contributed by atoms with Gasteiger partial charge in [0.15, 0.2) is 0 Å². The van der Waals surface area contributed by atoms with Crippen molar-refractivity contribution in [3.05, 3.63) is 95.3 Å². The van der Waals surface area contributed by atoms with Crippen LogP contribution < -0.4 is 10.6 Å². The number of pyridine rings is 1. The van der Waals surface area contributed by atoms with Crippen molar-refractivity contribution in [3.8, 4) is 0 Å². The smallest absolute Gasteiger partial charge is 0.313 e. The lowest BCUT2D eigenvalue weighted by Gasteiger charge is -2.39. The average molecular weight is 478 g/mol. The summed E-state index contributed by atoms with van der Waals surface area (Å²) in [5.74, 6) is -1.38. The first-order valence-electron chi connectivity index (χ1n) is 11.3. The molecular weight excluding hydrogens is 450 g/mol. The van der Waals surface area contributed by atoms with Crippen molar-refractivity contribution >= 4 is 29.1 Å². The Hall–Kier alpha value is -3.26. The summed E-state index contributed by atoms with van der Waals surface area (Å²) in [6.07, 6.45) is 3.55. The Balaban J connectivity index is 1.34. The van der Waals surface area contributed by atoms with Gasteiger partial charge in [-0.05, 0) is 41.5 Å². The minimum Gasteiger partial charge on any atom is -0.346 e. The molecule has 1 aromatic heterocycles. The molecule has 3 aromatic rings. The summed E-state index contributed by atoms with van der Waals surface area (Å²) in [5.41, 5.74) is 2.83. The van der Waals surface area contributed by atoms with Gasteiger partial charge in [-0.1, -0.05) is 48.0 Å². The fourth-order valence-electron chi connectivity index (χ4n) is 4.10. The summed E-state index contributed by atoms with van der Waals surface area (Å²) in [6, 6.07) is 20.9. The molecule has 1 aliphatic rings. The highest BCUT2D eigenvalue weighted by Gasteiger charge is 2.26. The third-order valence-electron chi connectivity index (χ3n) is 5.93. The summed E-state index contributed by atoms with van der Waals surface area (Å²) in [7, 11) is 0. The number of aromatic nitrogens is 1. The number of anilines is 1. The van der Waals surface area contributed by atoms with E-state index in [1.807, 2.05) is 24.4 Å². The topological polar surface area (TPSA) is 77.6 Å². The molecule has 0 spiro atoms. The van der Waals surface area contributed by atoms with E-state index in [-0.39, 0.29) is 6.04 Å². The van der Waals surface area contributed by atoms with Gasteiger partial charge in [-0.25, -0.2) is 0 Å². The number of hydrogen-bond acceptors (Lipinski definition) is 5. The predicted octanol–water partition coefficient (Wildman–Crippen LogP) is 3.35. The highest BCUT2D eigenvalue weighted by molar-refractivity contribution is 6.39. The molecule has 2 N–H and O–H groups in total. The molecule has 34 heavy (non-hydrogen) atoms. The van der Waals surface area contributed by atoms with E-state index in [1.165, 1.54) is 5.56 Å². The number of rotatable bonds is 7. The maximum Gasteiger partial charge on any atom is 0.313 e. The molecule has 1 saturated heterocycles. The van der Waals surface area contributed by atoms with Crippen molar-refractivity contribution in [2.45, 2.75) is 12.6 Å². The van der Waals surface area contributed by atoms with E-state index in [1.54, 1.807) is 30.5 Å². The van der Waals surface area contributed by atoms with E-state index >= 15 is 0 Å². The standard InChI is InChI=1S/C26H28ClN5O2/c27-22-8-10-23(11-9-22)30-26(34)25(33)29-18-24(21-7-4-12-28-17-21)32-15-13-31(14-16-32)19-20-5-2-1-3-6-20/h1-12,17,24H,13-16,18-19H2,(H,29,33)(H,30,34). The van der Waals surface area contributed by atoms with E-state index in [0.717, 1.165) is 38.3 Å². The number of nitrogens with one attached hydrogen (secondary N) is 2. The average Bonchev–Trinajstić information content (AvgIpc) is 2.87. The minimum atomic E-state index is -0.708.